The molecule has 19 heavy (non-hydrogen) atoms. The van der Waals surface area contributed by atoms with Crippen molar-refractivity contribution in [2.24, 2.45) is 5.92 Å². The number of amides is 2. The molecule has 1 unspecified atom stereocenters. The Labute approximate surface area is 112 Å². The van der Waals surface area contributed by atoms with Gasteiger partial charge in [-0.15, -0.1) is 0 Å². The van der Waals surface area contributed by atoms with Crippen LogP contribution in [0, 0.1) is 5.92 Å². The predicted octanol–water partition coefficient (Wildman–Crippen LogP) is 1.55. The first-order valence-electron chi connectivity index (χ1n) is 6.42. The van der Waals surface area contributed by atoms with Crippen LogP contribution in [0.5, 0.6) is 5.75 Å². The highest BCUT2D eigenvalue weighted by molar-refractivity contribution is 5.97. The Bertz CT molecular complexity index is 485. The van der Waals surface area contributed by atoms with Crippen molar-refractivity contribution in [2.45, 2.75) is 26.4 Å². The van der Waals surface area contributed by atoms with Crippen LogP contribution in [0.25, 0.3) is 0 Å². The third kappa shape index (κ3) is 3.24. The van der Waals surface area contributed by atoms with Gasteiger partial charge in [0.2, 0.25) is 5.91 Å². The Morgan fingerprint density at radius 1 is 1.42 bits per heavy atom. The van der Waals surface area contributed by atoms with Crippen LogP contribution in [0.3, 0.4) is 0 Å². The standard InChI is InChI=1S/C14H18N2O3/c1-9(2)13(17)15-8-7-12-14(18)16-10-5-3-4-6-11(10)19-12/h3-6,9,12H,7-8H2,1-2H3,(H,15,17)(H,16,18). The molecule has 1 aromatic rings. The normalized spacial score (nSPS) is 17.4. The molecule has 0 fully saturated rings. The molecule has 1 aliphatic rings. The summed E-state index contributed by atoms with van der Waals surface area (Å²) in [6, 6.07) is 7.30. The van der Waals surface area contributed by atoms with Gasteiger partial charge in [-0.05, 0) is 12.1 Å². The van der Waals surface area contributed by atoms with Crippen LogP contribution >= 0.6 is 0 Å². The van der Waals surface area contributed by atoms with E-state index < -0.39 is 6.10 Å². The van der Waals surface area contributed by atoms with E-state index in [1.165, 1.54) is 0 Å². The Morgan fingerprint density at radius 3 is 2.89 bits per heavy atom. The minimum atomic E-state index is -0.553. The van der Waals surface area contributed by atoms with Crippen molar-refractivity contribution >= 4 is 17.5 Å². The molecule has 0 aliphatic carbocycles. The molecular weight excluding hydrogens is 244 g/mol. The van der Waals surface area contributed by atoms with Crippen molar-refractivity contribution in [3.05, 3.63) is 24.3 Å². The highest BCUT2D eigenvalue weighted by atomic mass is 16.5. The van der Waals surface area contributed by atoms with Crippen LogP contribution in [0.2, 0.25) is 0 Å². The summed E-state index contributed by atoms with van der Waals surface area (Å²) in [7, 11) is 0. The molecule has 2 rings (SSSR count). The van der Waals surface area contributed by atoms with E-state index in [0.29, 0.717) is 24.4 Å². The first-order valence-corrected chi connectivity index (χ1v) is 6.42. The molecule has 0 saturated heterocycles. The van der Waals surface area contributed by atoms with Crippen molar-refractivity contribution in [3.63, 3.8) is 0 Å². The number of anilines is 1. The van der Waals surface area contributed by atoms with Gasteiger partial charge in [0.25, 0.3) is 5.91 Å². The second-order valence-corrected chi connectivity index (χ2v) is 4.83. The number of hydrogen-bond donors (Lipinski definition) is 2. The number of rotatable bonds is 4. The maximum absolute atomic E-state index is 11.8. The molecule has 0 radical (unpaired) electrons. The molecule has 1 heterocycles. The zero-order valence-corrected chi connectivity index (χ0v) is 11.1. The van der Waals surface area contributed by atoms with E-state index in [2.05, 4.69) is 10.6 Å². The van der Waals surface area contributed by atoms with E-state index in [0.717, 1.165) is 0 Å². The second-order valence-electron chi connectivity index (χ2n) is 4.83. The van der Waals surface area contributed by atoms with Crippen LogP contribution in [0.1, 0.15) is 20.3 Å². The minimum absolute atomic E-state index is 0.0170. The molecule has 1 aliphatic heterocycles. The number of carbonyl (C=O) groups is 2. The molecule has 0 saturated carbocycles. The number of ether oxygens (including phenoxy) is 1. The second kappa shape index (κ2) is 5.73. The minimum Gasteiger partial charge on any atom is -0.478 e. The maximum atomic E-state index is 11.8. The zero-order valence-electron chi connectivity index (χ0n) is 11.1. The fraction of sp³-hybridized carbons (Fsp3) is 0.429. The summed E-state index contributed by atoms with van der Waals surface area (Å²) < 4.78 is 5.62. The van der Waals surface area contributed by atoms with Gasteiger partial charge in [-0.3, -0.25) is 9.59 Å². The summed E-state index contributed by atoms with van der Waals surface area (Å²) in [5.74, 6) is 0.429. The molecule has 0 spiro atoms. The van der Waals surface area contributed by atoms with Gasteiger partial charge in [0, 0.05) is 18.9 Å². The molecule has 0 bridgehead atoms. The van der Waals surface area contributed by atoms with Gasteiger partial charge >= 0.3 is 0 Å². The van der Waals surface area contributed by atoms with Gasteiger partial charge in [-0.25, -0.2) is 0 Å². The molecule has 102 valence electrons. The van der Waals surface area contributed by atoms with Crippen molar-refractivity contribution in [2.75, 3.05) is 11.9 Å². The van der Waals surface area contributed by atoms with Gasteiger partial charge in [0.05, 0.1) is 5.69 Å². The number of nitrogens with one attached hydrogen (secondary N) is 2. The van der Waals surface area contributed by atoms with Crippen molar-refractivity contribution in [1.29, 1.82) is 0 Å². The number of fused-ring (bicyclic) bond motifs is 1. The van der Waals surface area contributed by atoms with E-state index in [-0.39, 0.29) is 17.7 Å². The molecule has 1 atom stereocenters. The quantitative estimate of drug-likeness (QED) is 0.865. The van der Waals surface area contributed by atoms with Gasteiger partial charge < -0.3 is 15.4 Å². The number of para-hydroxylation sites is 2. The van der Waals surface area contributed by atoms with E-state index >= 15 is 0 Å². The monoisotopic (exact) mass is 262 g/mol. The summed E-state index contributed by atoms with van der Waals surface area (Å²) in [5, 5.41) is 5.57. The predicted molar refractivity (Wildman–Crippen MR) is 72.0 cm³/mol. The lowest BCUT2D eigenvalue weighted by Gasteiger charge is -2.25. The number of benzene rings is 1. The lowest BCUT2D eigenvalue weighted by atomic mass is 10.1. The molecule has 5 nitrogen and oxygen atoms in total. The lowest BCUT2D eigenvalue weighted by Crippen LogP contribution is -2.40. The van der Waals surface area contributed by atoms with Crippen LogP contribution in [-0.4, -0.2) is 24.5 Å². The Morgan fingerprint density at radius 2 is 2.16 bits per heavy atom. The van der Waals surface area contributed by atoms with Gasteiger partial charge in [0.1, 0.15) is 5.75 Å². The summed E-state index contributed by atoms with van der Waals surface area (Å²) in [5.41, 5.74) is 0.690. The third-order valence-electron chi connectivity index (χ3n) is 2.94. The van der Waals surface area contributed by atoms with Crippen molar-refractivity contribution in [3.8, 4) is 5.75 Å². The van der Waals surface area contributed by atoms with Crippen LogP contribution < -0.4 is 15.4 Å². The SMILES string of the molecule is CC(C)C(=O)NCCC1Oc2ccccc2NC1=O. The Kier molecular flexibility index (Phi) is 4.04. The van der Waals surface area contributed by atoms with E-state index in [9.17, 15) is 9.59 Å². The van der Waals surface area contributed by atoms with E-state index in [4.69, 9.17) is 4.74 Å². The first kappa shape index (κ1) is 13.4. The third-order valence-corrected chi connectivity index (χ3v) is 2.94. The highest BCUT2D eigenvalue weighted by Crippen LogP contribution is 2.29. The molecular formula is C14H18N2O3. The number of hydrogen-bond acceptors (Lipinski definition) is 3. The zero-order chi connectivity index (χ0) is 13.8. The number of carbonyl (C=O) groups excluding carboxylic acids is 2. The molecule has 2 N–H and O–H groups in total. The molecule has 0 aromatic heterocycles. The van der Waals surface area contributed by atoms with Crippen molar-refractivity contribution in [1.82, 2.24) is 5.32 Å². The molecule has 1 aromatic carbocycles. The molecule has 5 heteroatoms. The highest BCUT2D eigenvalue weighted by Gasteiger charge is 2.26. The Balaban J connectivity index is 1.89. The van der Waals surface area contributed by atoms with Crippen LogP contribution in [-0.2, 0) is 9.59 Å². The first-order chi connectivity index (χ1) is 9.08. The summed E-state index contributed by atoms with van der Waals surface area (Å²) >= 11 is 0. The average molecular weight is 262 g/mol. The lowest BCUT2D eigenvalue weighted by molar-refractivity contribution is -0.126. The van der Waals surface area contributed by atoms with Gasteiger partial charge in [-0.2, -0.15) is 0 Å². The maximum Gasteiger partial charge on any atom is 0.265 e. The van der Waals surface area contributed by atoms with Crippen molar-refractivity contribution < 1.29 is 14.3 Å². The fourth-order valence-electron chi connectivity index (χ4n) is 1.81. The summed E-state index contributed by atoms with van der Waals surface area (Å²) in [6.45, 7) is 4.09. The largest absolute Gasteiger partial charge is 0.478 e. The van der Waals surface area contributed by atoms with Gasteiger partial charge in [0.15, 0.2) is 6.10 Å². The van der Waals surface area contributed by atoms with E-state index in [1.807, 2.05) is 32.0 Å². The molecule has 2 amide bonds. The van der Waals surface area contributed by atoms with Crippen LogP contribution in [0.4, 0.5) is 5.69 Å². The van der Waals surface area contributed by atoms with E-state index in [1.54, 1.807) is 6.07 Å². The topological polar surface area (TPSA) is 67.4 Å². The fourth-order valence-corrected chi connectivity index (χ4v) is 1.81. The summed E-state index contributed by atoms with van der Waals surface area (Å²) in [4.78, 5) is 23.2. The summed E-state index contributed by atoms with van der Waals surface area (Å²) in [6.07, 6.45) is -0.0964. The van der Waals surface area contributed by atoms with Crippen LogP contribution in [0.15, 0.2) is 24.3 Å². The Hall–Kier alpha value is -2.04. The smallest absolute Gasteiger partial charge is 0.265 e. The van der Waals surface area contributed by atoms with Gasteiger partial charge in [-0.1, -0.05) is 26.0 Å². The average Bonchev–Trinajstić information content (AvgIpc) is 2.39.